The number of hydrogen-bond acceptors (Lipinski definition) is 2. The molecule has 4 rings (SSSR count). The van der Waals surface area contributed by atoms with Gasteiger partial charge in [0.25, 0.3) is 0 Å². The van der Waals surface area contributed by atoms with E-state index in [0.717, 1.165) is 30.4 Å². The zero-order chi connectivity index (χ0) is 25.4. The summed E-state index contributed by atoms with van der Waals surface area (Å²) < 4.78 is 0. The average molecular weight is 515 g/mol. The third kappa shape index (κ3) is 5.48. The van der Waals surface area contributed by atoms with Crippen molar-refractivity contribution in [3.05, 3.63) is 82.4 Å². The van der Waals surface area contributed by atoms with Crippen LogP contribution >= 0.6 is 23.2 Å². The summed E-state index contributed by atoms with van der Waals surface area (Å²) in [5.74, 6) is 0.486. The molecule has 1 saturated heterocycles. The number of amides is 1. The highest BCUT2D eigenvalue weighted by Crippen LogP contribution is 2.53. The molecule has 1 saturated carbocycles. The van der Waals surface area contributed by atoms with Crippen LogP contribution < -0.4 is 0 Å². The molecule has 1 amide bonds. The average Bonchev–Trinajstić information content (AvgIpc) is 3.67. The van der Waals surface area contributed by atoms with Crippen molar-refractivity contribution in [1.29, 1.82) is 0 Å². The van der Waals surface area contributed by atoms with E-state index in [-0.39, 0.29) is 23.9 Å². The van der Waals surface area contributed by atoms with E-state index < -0.39 is 11.0 Å². The molecular formula is C30H37Cl2NO2. The van der Waals surface area contributed by atoms with Gasteiger partial charge < -0.3 is 10.0 Å². The molecule has 1 aliphatic carbocycles. The minimum Gasteiger partial charge on any atom is -0.390 e. The summed E-state index contributed by atoms with van der Waals surface area (Å²) in [6.07, 6.45) is 6.59. The molecule has 0 aromatic heterocycles. The first-order valence-electron chi connectivity index (χ1n) is 12.8. The van der Waals surface area contributed by atoms with Crippen LogP contribution in [-0.2, 0) is 4.79 Å². The van der Waals surface area contributed by atoms with Crippen molar-refractivity contribution in [2.24, 2.45) is 11.3 Å². The largest absolute Gasteiger partial charge is 0.390 e. The van der Waals surface area contributed by atoms with E-state index in [1.165, 1.54) is 0 Å². The molecule has 1 N–H and O–H groups in total. The van der Waals surface area contributed by atoms with Gasteiger partial charge in [0.2, 0.25) is 5.91 Å². The van der Waals surface area contributed by atoms with E-state index in [9.17, 15) is 9.90 Å². The zero-order valence-electron chi connectivity index (χ0n) is 21.0. The molecule has 0 bridgehead atoms. The minimum absolute atomic E-state index is 0.0393. The molecule has 5 atom stereocenters. The van der Waals surface area contributed by atoms with Crippen LogP contribution in [0.4, 0.5) is 0 Å². The maximum Gasteiger partial charge on any atom is 0.229 e. The fourth-order valence-electron chi connectivity index (χ4n) is 6.08. The van der Waals surface area contributed by atoms with Crippen molar-refractivity contribution in [1.82, 2.24) is 4.90 Å². The number of halogens is 2. The second-order valence-corrected chi connectivity index (χ2v) is 11.9. The summed E-state index contributed by atoms with van der Waals surface area (Å²) in [7, 11) is 0. The smallest absolute Gasteiger partial charge is 0.229 e. The number of hydrogen-bond donors (Lipinski definition) is 1. The van der Waals surface area contributed by atoms with Crippen LogP contribution in [-0.4, -0.2) is 27.6 Å². The number of nitrogens with zero attached hydrogens (tertiary/aromatic N) is 1. The van der Waals surface area contributed by atoms with Crippen LogP contribution in [0.1, 0.15) is 82.4 Å². The fourth-order valence-corrected chi connectivity index (χ4v) is 6.40. The summed E-state index contributed by atoms with van der Waals surface area (Å²) in [6, 6.07) is 15.6. The first-order chi connectivity index (χ1) is 16.6. The van der Waals surface area contributed by atoms with Crippen molar-refractivity contribution in [3.8, 4) is 0 Å². The molecule has 0 spiro atoms. The number of allylic oxidation sites excluding steroid dienone is 1. The van der Waals surface area contributed by atoms with Crippen LogP contribution in [0.25, 0.3) is 0 Å². The van der Waals surface area contributed by atoms with Crippen LogP contribution in [0.5, 0.6) is 0 Å². The monoisotopic (exact) mass is 513 g/mol. The molecule has 2 aromatic rings. The van der Waals surface area contributed by atoms with Crippen LogP contribution in [0.2, 0.25) is 10.0 Å². The zero-order valence-corrected chi connectivity index (χ0v) is 22.5. The summed E-state index contributed by atoms with van der Waals surface area (Å²) in [4.78, 5) is 16.4. The lowest BCUT2D eigenvalue weighted by Crippen LogP contribution is -2.56. The van der Waals surface area contributed by atoms with Gasteiger partial charge in [0.15, 0.2) is 0 Å². The Bertz CT molecular complexity index is 1060. The van der Waals surface area contributed by atoms with Gasteiger partial charge in [0.05, 0.1) is 17.1 Å². The highest BCUT2D eigenvalue weighted by Gasteiger charge is 2.52. The lowest BCUT2D eigenvalue weighted by Gasteiger charge is -2.53. The van der Waals surface area contributed by atoms with Crippen molar-refractivity contribution in [3.63, 3.8) is 0 Å². The molecule has 5 heteroatoms. The van der Waals surface area contributed by atoms with Crippen molar-refractivity contribution in [2.45, 2.75) is 82.9 Å². The Hall–Kier alpha value is -1.81. The van der Waals surface area contributed by atoms with Crippen molar-refractivity contribution in [2.75, 3.05) is 0 Å². The highest BCUT2D eigenvalue weighted by atomic mass is 35.5. The van der Waals surface area contributed by atoms with E-state index >= 15 is 0 Å². The van der Waals surface area contributed by atoms with Gasteiger partial charge in [-0.05, 0) is 86.8 Å². The number of carbonyl (C=O) groups is 1. The van der Waals surface area contributed by atoms with Gasteiger partial charge in [-0.15, -0.1) is 6.58 Å². The molecular weight excluding hydrogens is 477 g/mol. The number of rotatable bonds is 9. The van der Waals surface area contributed by atoms with E-state index in [2.05, 4.69) is 31.4 Å². The maximum absolute atomic E-state index is 14.3. The van der Waals surface area contributed by atoms with Crippen molar-refractivity contribution < 1.29 is 9.90 Å². The van der Waals surface area contributed by atoms with E-state index in [0.29, 0.717) is 35.2 Å². The molecule has 1 aliphatic heterocycles. The van der Waals surface area contributed by atoms with Gasteiger partial charge in [-0.3, -0.25) is 4.79 Å². The topological polar surface area (TPSA) is 40.5 Å². The molecule has 188 valence electrons. The third-order valence-electron chi connectivity index (χ3n) is 8.16. The van der Waals surface area contributed by atoms with Gasteiger partial charge >= 0.3 is 0 Å². The molecule has 35 heavy (non-hydrogen) atoms. The lowest BCUT2D eigenvalue weighted by atomic mass is 9.66. The van der Waals surface area contributed by atoms with Gasteiger partial charge in [0.1, 0.15) is 0 Å². The van der Waals surface area contributed by atoms with E-state index in [1.807, 2.05) is 55.5 Å². The molecule has 2 aliphatic rings. The normalized spacial score (nSPS) is 27.4. The van der Waals surface area contributed by atoms with E-state index in [4.69, 9.17) is 23.2 Å². The van der Waals surface area contributed by atoms with E-state index in [1.54, 1.807) is 0 Å². The molecule has 2 fully saturated rings. The Labute approximate surface area is 220 Å². The lowest BCUT2D eigenvalue weighted by molar-refractivity contribution is -0.156. The Morgan fingerprint density at radius 2 is 1.86 bits per heavy atom. The quantitative estimate of drug-likeness (QED) is 0.345. The summed E-state index contributed by atoms with van der Waals surface area (Å²) in [5, 5.41) is 12.7. The first kappa shape index (κ1) is 26.3. The Morgan fingerprint density at radius 1 is 1.17 bits per heavy atom. The summed E-state index contributed by atoms with van der Waals surface area (Å²) in [5.41, 5.74) is 0.798. The fraction of sp³-hybridized carbons (Fsp3) is 0.500. The molecule has 1 unspecified atom stereocenters. The SMILES string of the molecule is C=CC[C@@]1(C)C[C@H](c2cccc(Cl)c2)C(c2ccc(Cl)cc2)N([C@@H](CC)C[C@@](C)(O)C2CC2)C1=O. The standard InChI is InChI=1S/C30H37Cl2NO2/c1-5-16-29(3)19-26(21-8-7-9-24(32)17-21)27(20-10-14-23(31)15-11-20)33(28(29)34)25(6-2)18-30(4,35)22-12-13-22/h5,7-11,14-15,17,22,25-27,35H,1,6,12-13,16,18-19H2,2-4H3/t25-,26+,27?,29-,30+/m0/s1. The predicted molar refractivity (Wildman–Crippen MR) is 145 cm³/mol. The summed E-state index contributed by atoms with van der Waals surface area (Å²) >= 11 is 12.7. The van der Waals surface area contributed by atoms with Crippen LogP contribution in [0, 0.1) is 11.3 Å². The van der Waals surface area contributed by atoms with Crippen molar-refractivity contribution >= 4 is 29.1 Å². The Kier molecular flexibility index (Phi) is 7.71. The number of aliphatic hydroxyl groups is 1. The molecule has 0 radical (unpaired) electrons. The molecule has 1 heterocycles. The summed E-state index contributed by atoms with van der Waals surface area (Å²) in [6.45, 7) is 10.1. The number of piperidine rings is 1. The number of benzene rings is 2. The van der Waals surface area contributed by atoms with Gasteiger partial charge in [-0.2, -0.15) is 0 Å². The third-order valence-corrected chi connectivity index (χ3v) is 8.64. The minimum atomic E-state index is -0.788. The second kappa shape index (κ2) is 10.3. The Morgan fingerprint density at radius 3 is 2.43 bits per heavy atom. The molecule has 3 nitrogen and oxygen atoms in total. The number of carbonyl (C=O) groups excluding carboxylic acids is 1. The maximum atomic E-state index is 14.3. The predicted octanol–water partition coefficient (Wildman–Crippen LogP) is 7.96. The number of likely N-dealkylation sites (tertiary alicyclic amines) is 1. The Balaban J connectivity index is 1.87. The second-order valence-electron chi connectivity index (χ2n) is 11.0. The van der Waals surface area contributed by atoms with Crippen LogP contribution in [0.3, 0.4) is 0 Å². The van der Waals surface area contributed by atoms with Crippen LogP contribution in [0.15, 0.2) is 61.2 Å². The highest BCUT2D eigenvalue weighted by molar-refractivity contribution is 6.30. The van der Waals surface area contributed by atoms with Gasteiger partial charge in [-0.1, -0.05) is 67.4 Å². The van der Waals surface area contributed by atoms with Gasteiger partial charge in [-0.25, -0.2) is 0 Å². The van der Waals surface area contributed by atoms with Gasteiger partial charge in [0, 0.05) is 22.0 Å². The first-order valence-corrected chi connectivity index (χ1v) is 13.5. The molecule has 2 aromatic carbocycles.